The molecule has 0 bridgehead atoms. The number of ether oxygens (including phenoxy) is 1. The molecule has 4 heteroatoms. The highest BCUT2D eigenvalue weighted by atomic mass is 19.1. The van der Waals surface area contributed by atoms with E-state index >= 15 is 0 Å². The van der Waals surface area contributed by atoms with Crippen molar-refractivity contribution >= 4 is 5.78 Å². The highest BCUT2D eigenvalue weighted by Crippen LogP contribution is 2.28. The minimum Gasteiger partial charge on any atom is -0.494 e. The Hall–Kier alpha value is -1.42. The molecule has 1 fully saturated rings. The van der Waals surface area contributed by atoms with E-state index in [2.05, 4.69) is 4.90 Å². The van der Waals surface area contributed by atoms with Crippen molar-refractivity contribution in [3.8, 4) is 5.75 Å². The summed E-state index contributed by atoms with van der Waals surface area (Å²) < 4.78 is 18.5. The van der Waals surface area contributed by atoms with E-state index in [0.29, 0.717) is 19.5 Å². The van der Waals surface area contributed by atoms with Gasteiger partial charge in [-0.3, -0.25) is 9.69 Å². The summed E-state index contributed by atoms with van der Waals surface area (Å²) in [4.78, 5) is 13.6. The molecule has 0 aromatic heterocycles. The van der Waals surface area contributed by atoms with Crippen molar-refractivity contribution < 1.29 is 13.9 Å². The predicted octanol–water partition coefficient (Wildman–Crippen LogP) is 2.39. The Morgan fingerprint density at radius 3 is 2.67 bits per heavy atom. The normalized spacial score (nSPS) is 19.2. The van der Waals surface area contributed by atoms with Gasteiger partial charge in [-0.05, 0) is 31.5 Å². The standard InChI is InChI=1S/C14H18FNO2/c1-14(2)7-11(17)9-16(14)8-10-4-5-13(18-3)12(15)6-10/h4-6H,7-9H2,1-3H3. The molecule has 0 spiro atoms. The van der Waals surface area contributed by atoms with Crippen LogP contribution in [0.5, 0.6) is 5.75 Å². The van der Waals surface area contributed by atoms with E-state index in [1.165, 1.54) is 13.2 Å². The summed E-state index contributed by atoms with van der Waals surface area (Å²) in [6.07, 6.45) is 0.561. The third-order valence-corrected chi connectivity index (χ3v) is 3.44. The molecule has 98 valence electrons. The van der Waals surface area contributed by atoms with Crippen molar-refractivity contribution in [1.29, 1.82) is 0 Å². The molecular formula is C14H18FNO2. The predicted molar refractivity (Wildman–Crippen MR) is 67.1 cm³/mol. The van der Waals surface area contributed by atoms with Crippen LogP contribution in [0.3, 0.4) is 0 Å². The fraction of sp³-hybridized carbons (Fsp3) is 0.500. The van der Waals surface area contributed by atoms with Gasteiger partial charge in [0.15, 0.2) is 11.6 Å². The van der Waals surface area contributed by atoms with Gasteiger partial charge in [0.05, 0.1) is 13.7 Å². The molecular weight excluding hydrogens is 233 g/mol. The maximum atomic E-state index is 13.6. The Balaban J connectivity index is 2.15. The molecule has 0 saturated carbocycles. The number of methoxy groups -OCH3 is 1. The summed E-state index contributed by atoms with van der Waals surface area (Å²) in [5, 5.41) is 0. The number of Topliss-reactive ketones (excluding diaryl/α,β-unsaturated/α-hetero) is 1. The number of hydrogen-bond acceptors (Lipinski definition) is 3. The van der Waals surface area contributed by atoms with Gasteiger partial charge in [-0.25, -0.2) is 4.39 Å². The van der Waals surface area contributed by atoms with E-state index in [1.807, 2.05) is 19.9 Å². The first kappa shape index (κ1) is 13.0. The first-order chi connectivity index (χ1) is 8.42. The fourth-order valence-electron chi connectivity index (χ4n) is 2.38. The van der Waals surface area contributed by atoms with Crippen LogP contribution < -0.4 is 4.74 Å². The molecule has 0 atom stereocenters. The largest absolute Gasteiger partial charge is 0.494 e. The zero-order valence-electron chi connectivity index (χ0n) is 11.0. The number of benzene rings is 1. The van der Waals surface area contributed by atoms with Crippen molar-refractivity contribution in [2.24, 2.45) is 0 Å². The van der Waals surface area contributed by atoms with Crippen LogP contribution in [0.2, 0.25) is 0 Å². The minimum absolute atomic E-state index is 0.145. The molecule has 1 saturated heterocycles. The quantitative estimate of drug-likeness (QED) is 0.826. The lowest BCUT2D eigenvalue weighted by molar-refractivity contribution is -0.117. The lowest BCUT2D eigenvalue weighted by Crippen LogP contribution is -2.37. The van der Waals surface area contributed by atoms with E-state index in [-0.39, 0.29) is 22.9 Å². The van der Waals surface area contributed by atoms with Crippen molar-refractivity contribution in [3.63, 3.8) is 0 Å². The second-order valence-electron chi connectivity index (χ2n) is 5.35. The summed E-state index contributed by atoms with van der Waals surface area (Å²) in [5.74, 6) is 0.128. The van der Waals surface area contributed by atoms with Gasteiger partial charge in [0.1, 0.15) is 5.78 Å². The first-order valence-corrected chi connectivity index (χ1v) is 6.01. The molecule has 0 N–H and O–H groups in total. The van der Waals surface area contributed by atoms with Gasteiger partial charge in [-0.1, -0.05) is 6.07 Å². The fourth-order valence-corrected chi connectivity index (χ4v) is 2.38. The van der Waals surface area contributed by atoms with Crippen molar-refractivity contribution in [3.05, 3.63) is 29.6 Å². The van der Waals surface area contributed by atoms with Gasteiger partial charge in [-0.15, -0.1) is 0 Å². The van der Waals surface area contributed by atoms with Gasteiger partial charge in [0, 0.05) is 18.5 Å². The topological polar surface area (TPSA) is 29.5 Å². The summed E-state index contributed by atoms with van der Waals surface area (Å²) in [6, 6.07) is 4.92. The molecule has 1 aliphatic heterocycles. The van der Waals surface area contributed by atoms with Crippen LogP contribution in [-0.4, -0.2) is 29.9 Å². The molecule has 3 nitrogen and oxygen atoms in total. The summed E-state index contributed by atoms with van der Waals surface area (Å²) >= 11 is 0. The Bertz CT molecular complexity index is 471. The number of ketones is 1. The zero-order valence-corrected chi connectivity index (χ0v) is 11.0. The second-order valence-corrected chi connectivity index (χ2v) is 5.35. The maximum absolute atomic E-state index is 13.6. The second kappa shape index (κ2) is 4.69. The molecule has 1 heterocycles. The zero-order chi connectivity index (χ0) is 13.3. The maximum Gasteiger partial charge on any atom is 0.165 e. The number of hydrogen-bond donors (Lipinski definition) is 0. The minimum atomic E-state index is -0.363. The smallest absolute Gasteiger partial charge is 0.165 e. The van der Waals surface area contributed by atoms with Gasteiger partial charge >= 0.3 is 0 Å². The number of carbonyl (C=O) groups excluding carboxylic acids is 1. The van der Waals surface area contributed by atoms with Gasteiger partial charge in [0.25, 0.3) is 0 Å². The molecule has 0 amide bonds. The van der Waals surface area contributed by atoms with Crippen molar-refractivity contribution in [1.82, 2.24) is 4.90 Å². The highest BCUT2D eigenvalue weighted by molar-refractivity contribution is 5.84. The van der Waals surface area contributed by atoms with Crippen molar-refractivity contribution in [2.75, 3.05) is 13.7 Å². The van der Waals surface area contributed by atoms with E-state index in [0.717, 1.165) is 5.56 Å². The molecule has 1 aliphatic rings. The van der Waals surface area contributed by atoms with Crippen LogP contribution in [0.15, 0.2) is 18.2 Å². The first-order valence-electron chi connectivity index (χ1n) is 6.01. The van der Waals surface area contributed by atoms with Gasteiger partial charge in [0.2, 0.25) is 0 Å². The molecule has 1 aromatic carbocycles. The summed E-state index contributed by atoms with van der Waals surface area (Å²) in [6.45, 7) is 5.11. The van der Waals surface area contributed by atoms with Crippen molar-refractivity contribution in [2.45, 2.75) is 32.4 Å². The average molecular weight is 251 g/mol. The van der Waals surface area contributed by atoms with E-state index in [1.54, 1.807) is 6.07 Å². The Labute approximate surface area is 107 Å². The molecule has 0 aliphatic carbocycles. The van der Waals surface area contributed by atoms with Crippen LogP contribution in [0.4, 0.5) is 4.39 Å². The number of carbonyl (C=O) groups is 1. The number of likely N-dealkylation sites (tertiary alicyclic amines) is 1. The van der Waals surface area contributed by atoms with E-state index < -0.39 is 0 Å². The monoisotopic (exact) mass is 251 g/mol. The SMILES string of the molecule is COc1ccc(CN2CC(=O)CC2(C)C)cc1F. The van der Waals surface area contributed by atoms with Gasteiger partial charge < -0.3 is 4.74 Å². The van der Waals surface area contributed by atoms with Gasteiger partial charge in [-0.2, -0.15) is 0 Å². The van der Waals surface area contributed by atoms with E-state index in [9.17, 15) is 9.18 Å². The van der Waals surface area contributed by atoms with E-state index in [4.69, 9.17) is 4.74 Å². The Kier molecular flexibility index (Phi) is 3.39. The number of nitrogens with zero attached hydrogens (tertiary/aromatic N) is 1. The number of rotatable bonds is 3. The van der Waals surface area contributed by atoms with Crippen LogP contribution in [0.1, 0.15) is 25.8 Å². The van der Waals surface area contributed by atoms with Crippen LogP contribution in [0, 0.1) is 5.82 Å². The molecule has 18 heavy (non-hydrogen) atoms. The highest BCUT2D eigenvalue weighted by Gasteiger charge is 2.36. The number of halogens is 1. The Morgan fingerprint density at radius 2 is 2.17 bits per heavy atom. The van der Waals surface area contributed by atoms with Crippen LogP contribution in [-0.2, 0) is 11.3 Å². The molecule has 0 unspecified atom stereocenters. The third-order valence-electron chi connectivity index (χ3n) is 3.44. The van der Waals surface area contributed by atoms with Crippen LogP contribution in [0.25, 0.3) is 0 Å². The molecule has 0 radical (unpaired) electrons. The third kappa shape index (κ3) is 2.53. The summed E-state index contributed by atoms with van der Waals surface area (Å²) in [5.41, 5.74) is 0.712. The molecule has 1 aromatic rings. The van der Waals surface area contributed by atoms with Crippen LogP contribution >= 0.6 is 0 Å². The molecule has 2 rings (SSSR count). The average Bonchev–Trinajstić information content (AvgIpc) is 2.52. The lowest BCUT2D eigenvalue weighted by Gasteiger charge is -2.30. The Morgan fingerprint density at radius 1 is 1.44 bits per heavy atom. The lowest BCUT2D eigenvalue weighted by atomic mass is 10.0. The summed E-state index contributed by atoms with van der Waals surface area (Å²) in [7, 11) is 1.44.